The number of hydrogen-bond donors (Lipinski definition) is 0. The maximum atomic E-state index is 12.7. The molecular weight excluding hydrogens is 298 g/mol. The lowest BCUT2D eigenvalue weighted by Crippen LogP contribution is -2.30. The maximum absolute atomic E-state index is 12.7. The summed E-state index contributed by atoms with van der Waals surface area (Å²) in [6, 6.07) is 1.92. The van der Waals surface area contributed by atoms with Crippen LogP contribution in [0.5, 0.6) is 0 Å². The van der Waals surface area contributed by atoms with Crippen molar-refractivity contribution in [1.29, 1.82) is 0 Å². The molecule has 7 heteroatoms. The number of rotatable bonds is 4. The fourth-order valence-electron chi connectivity index (χ4n) is 3.19. The third-order valence-corrected chi connectivity index (χ3v) is 4.36. The van der Waals surface area contributed by atoms with Crippen LogP contribution in [0.15, 0.2) is 15.1 Å². The van der Waals surface area contributed by atoms with Gasteiger partial charge < -0.3 is 18.7 Å². The number of nitrogens with zero attached hydrogens (tertiary/aromatic N) is 3. The second kappa shape index (κ2) is 6.16. The highest BCUT2D eigenvalue weighted by molar-refractivity contribution is 5.96. The molecule has 1 aliphatic heterocycles. The van der Waals surface area contributed by atoms with Crippen molar-refractivity contribution in [3.63, 3.8) is 0 Å². The van der Waals surface area contributed by atoms with E-state index in [0.717, 1.165) is 11.5 Å². The molecular formula is C16H21N3O4. The Bertz CT molecular complexity index is 686. The molecule has 1 saturated heterocycles. The molecule has 0 aliphatic carbocycles. The van der Waals surface area contributed by atoms with Gasteiger partial charge in [0.15, 0.2) is 0 Å². The van der Waals surface area contributed by atoms with E-state index in [2.05, 4.69) is 10.3 Å². The van der Waals surface area contributed by atoms with E-state index >= 15 is 0 Å². The topological polar surface area (TPSA) is 81.6 Å². The first-order valence-electron chi connectivity index (χ1n) is 7.66. The summed E-state index contributed by atoms with van der Waals surface area (Å²) in [5, 5.41) is 7.77. The van der Waals surface area contributed by atoms with Gasteiger partial charge in [-0.1, -0.05) is 10.3 Å². The highest BCUT2D eigenvalue weighted by atomic mass is 16.5. The van der Waals surface area contributed by atoms with Crippen molar-refractivity contribution in [2.75, 3.05) is 20.2 Å². The zero-order valence-corrected chi connectivity index (χ0v) is 13.8. The third kappa shape index (κ3) is 3.01. The first kappa shape index (κ1) is 15.7. The van der Waals surface area contributed by atoms with Gasteiger partial charge in [0.05, 0.1) is 17.5 Å². The highest BCUT2D eigenvalue weighted by Crippen LogP contribution is 2.26. The fraction of sp³-hybridized carbons (Fsp3) is 0.562. The predicted octanol–water partition coefficient (Wildman–Crippen LogP) is 1.92. The van der Waals surface area contributed by atoms with Gasteiger partial charge >= 0.3 is 0 Å². The Kier molecular flexibility index (Phi) is 4.21. The standard InChI is InChI=1S/C16H21N3O4/c1-9-5-13(23-17-9)6-12-7-19(8-14(12)21-4)16(20)15-10(2)18-22-11(15)3/h5,12,14H,6-8H2,1-4H3/t12-,14+/m1/s1. The summed E-state index contributed by atoms with van der Waals surface area (Å²) in [7, 11) is 1.67. The van der Waals surface area contributed by atoms with E-state index in [1.54, 1.807) is 25.9 Å². The van der Waals surface area contributed by atoms with E-state index in [0.29, 0.717) is 36.5 Å². The summed E-state index contributed by atoms with van der Waals surface area (Å²) >= 11 is 0. The van der Waals surface area contributed by atoms with Gasteiger partial charge in [-0.15, -0.1) is 0 Å². The Labute approximate surface area is 134 Å². The number of amides is 1. The number of hydrogen-bond acceptors (Lipinski definition) is 6. The van der Waals surface area contributed by atoms with Crippen LogP contribution in [0.2, 0.25) is 0 Å². The number of methoxy groups -OCH3 is 1. The van der Waals surface area contributed by atoms with Crippen LogP contribution in [0.4, 0.5) is 0 Å². The van der Waals surface area contributed by atoms with Crippen LogP contribution in [-0.4, -0.2) is 47.4 Å². The molecule has 0 N–H and O–H groups in total. The molecule has 0 spiro atoms. The summed E-state index contributed by atoms with van der Waals surface area (Å²) in [4.78, 5) is 14.5. The normalized spacial score (nSPS) is 21.1. The Hall–Kier alpha value is -2.15. The SMILES string of the molecule is CO[C@H]1CN(C(=O)c2c(C)noc2C)C[C@H]1Cc1cc(C)no1. The average molecular weight is 319 g/mol. The highest BCUT2D eigenvalue weighted by Gasteiger charge is 2.37. The summed E-state index contributed by atoms with van der Waals surface area (Å²) in [5.74, 6) is 1.49. The smallest absolute Gasteiger partial charge is 0.259 e. The van der Waals surface area contributed by atoms with Crippen LogP contribution < -0.4 is 0 Å². The van der Waals surface area contributed by atoms with Gasteiger partial charge in [-0.25, -0.2) is 0 Å². The zero-order chi connectivity index (χ0) is 16.6. The van der Waals surface area contributed by atoms with Crippen LogP contribution in [0.3, 0.4) is 0 Å². The van der Waals surface area contributed by atoms with Crippen molar-refractivity contribution in [3.05, 3.63) is 34.5 Å². The minimum Gasteiger partial charge on any atom is -0.379 e. The molecule has 1 amide bonds. The molecule has 0 aromatic carbocycles. The fourth-order valence-corrected chi connectivity index (χ4v) is 3.19. The quantitative estimate of drug-likeness (QED) is 0.856. The van der Waals surface area contributed by atoms with Crippen molar-refractivity contribution in [2.24, 2.45) is 5.92 Å². The Balaban J connectivity index is 1.74. The average Bonchev–Trinajstić information content (AvgIpc) is 3.19. The zero-order valence-electron chi connectivity index (χ0n) is 13.8. The lowest BCUT2D eigenvalue weighted by molar-refractivity contribution is 0.0671. The van der Waals surface area contributed by atoms with Crippen LogP contribution in [0, 0.1) is 26.7 Å². The number of carbonyl (C=O) groups excluding carboxylic acids is 1. The van der Waals surface area contributed by atoms with Gasteiger partial charge in [-0.3, -0.25) is 4.79 Å². The van der Waals surface area contributed by atoms with E-state index in [1.807, 2.05) is 13.0 Å². The summed E-state index contributed by atoms with van der Waals surface area (Å²) in [6.07, 6.45) is 0.676. The summed E-state index contributed by atoms with van der Waals surface area (Å²) in [5.41, 5.74) is 2.03. The lowest BCUT2D eigenvalue weighted by atomic mass is 10.0. The van der Waals surface area contributed by atoms with E-state index in [9.17, 15) is 4.79 Å². The second-order valence-corrected chi connectivity index (χ2v) is 6.08. The van der Waals surface area contributed by atoms with E-state index in [1.165, 1.54) is 0 Å². The van der Waals surface area contributed by atoms with E-state index < -0.39 is 0 Å². The van der Waals surface area contributed by atoms with Crippen LogP contribution >= 0.6 is 0 Å². The molecule has 1 aliphatic rings. The minimum absolute atomic E-state index is 0.0233. The molecule has 3 rings (SSSR count). The first-order chi connectivity index (χ1) is 11.0. The molecule has 23 heavy (non-hydrogen) atoms. The van der Waals surface area contributed by atoms with Crippen molar-refractivity contribution >= 4 is 5.91 Å². The van der Waals surface area contributed by atoms with E-state index in [4.69, 9.17) is 13.8 Å². The molecule has 2 atom stereocenters. The van der Waals surface area contributed by atoms with Crippen LogP contribution in [0.25, 0.3) is 0 Å². The van der Waals surface area contributed by atoms with Crippen molar-refractivity contribution in [1.82, 2.24) is 15.2 Å². The van der Waals surface area contributed by atoms with Gasteiger partial charge in [-0.2, -0.15) is 0 Å². The minimum atomic E-state index is -0.0560. The second-order valence-electron chi connectivity index (χ2n) is 6.08. The number of aryl methyl sites for hydroxylation is 3. The first-order valence-corrected chi connectivity index (χ1v) is 7.66. The van der Waals surface area contributed by atoms with Crippen molar-refractivity contribution < 1.29 is 18.6 Å². The van der Waals surface area contributed by atoms with Crippen molar-refractivity contribution in [2.45, 2.75) is 33.3 Å². The molecule has 0 radical (unpaired) electrons. The van der Waals surface area contributed by atoms with Gasteiger partial charge in [0.2, 0.25) is 0 Å². The number of carbonyl (C=O) groups is 1. The van der Waals surface area contributed by atoms with Gasteiger partial charge in [0.1, 0.15) is 17.1 Å². The summed E-state index contributed by atoms with van der Waals surface area (Å²) < 4.78 is 16.0. The molecule has 3 heterocycles. The molecule has 2 aromatic heterocycles. The summed E-state index contributed by atoms with van der Waals surface area (Å²) in [6.45, 7) is 6.59. The molecule has 0 saturated carbocycles. The molecule has 0 unspecified atom stereocenters. The van der Waals surface area contributed by atoms with E-state index in [-0.39, 0.29) is 17.9 Å². The van der Waals surface area contributed by atoms with Gasteiger partial charge in [0.25, 0.3) is 5.91 Å². The number of likely N-dealkylation sites (tertiary alicyclic amines) is 1. The lowest BCUT2D eigenvalue weighted by Gasteiger charge is -2.15. The third-order valence-electron chi connectivity index (χ3n) is 4.36. The van der Waals surface area contributed by atoms with Crippen molar-refractivity contribution in [3.8, 4) is 0 Å². The molecule has 1 fully saturated rings. The van der Waals surface area contributed by atoms with Crippen LogP contribution in [0.1, 0.15) is 33.3 Å². The molecule has 124 valence electrons. The number of aromatic nitrogens is 2. The van der Waals surface area contributed by atoms with Crippen LogP contribution in [-0.2, 0) is 11.2 Å². The molecule has 0 bridgehead atoms. The molecule has 2 aromatic rings. The Morgan fingerprint density at radius 2 is 2.09 bits per heavy atom. The molecule has 7 nitrogen and oxygen atoms in total. The Morgan fingerprint density at radius 3 is 2.65 bits per heavy atom. The van der Waals surface area contributed by atoms with Gasteiger partial charge in [-0.05, 0) is 20.8 Å². The maximum Gasteiger partial charge on any atom is 0.259 e. The Morgan fingerprint density at radius 1 is 1.30 bits per heavy atom. The largest absolute Gasteiger partial charge is 0.379 e. The predicted molar refractivity (Wildman–Crippen MR) is 81.1 cm³/mol. The monoisotopic (exact) mass is 319 g/mol. The van der Waals surface area contributed by atoms with Gasteiger partial charge in [0, 0.05) is 38.6 Å². The number of ether oxygens (including phenoxy) is 1.